The fourth-order valence-electron chi connectivity index (χ4n) is 3.18. The Morgan fingerprint density at radius 3 is 2.69 bits per heavy atom. The third-order valence-electron chi connectivity index (χ3n) is 4.72. The van der Waals surface area contributed by atoms with Crippen LogP contribution in [0.25, 0.3) is 17.1 Å². The normalized spacial score (nSPS) is 13.4. The van der Waals surface area contributed by atoms with Gasteiger partial charge in [0, 0.05) is 11.5 Å². The smallest absolute Gasteiger partial charge is 0.278 e. The van der Waals surface area contributed by atoms with Gasteiger partial charge in [0.25, 0.3) is 5.91 Å². The molecule has 1 fully saturated rings. The standard InChI is InChI=1S/C21H16ClN5O2/c22-15-7-4-8-16(18(15)27-12-23-11-24-27)25-20(28)17-19(13-9-10-13)29-21(26-17)14-5-2-1-3-6-14/h1-8,11-13H,9-10H2,(H,25,28). The van der Waals surface area contributed by atoms with Crippen molar-refractivity contribution in [3.05, 3.63) is 77.7 Å². The molecule has 1 aliphatic rings. The van der Waals surface area contributed by atoms with E-state index < -0.39 is 0 Å². The number of nitrogens with one attached hydrogen (secondary N) is 1. The molecule has 2 aromatic heterocycles. The summed E-state index contributed by atoms with van der Waals surface area (Å²) in [5.74, 6) is 0.960. The van der Waals surface area contributed by atoms with Crippen molar-refractivity contribution in [2.75, 3.05) is 5.32 Å². The van der Waals surface area contributed by atoms with Gasteiger partial charge < -0.3 is 9.73 Å². The van der Waals surface area contributed by atoms with Crippen LogP contribution in [0.2, 0.25) is 5.02 Å². The number of halogens is 1. The van der Waals surface area contributed by atoms with Crippen LogP contribution in [0.3, 0.4) is 0 Å². The van der Waals surface area contributed by atoms with Crippen molar-refractivity contribution in [2.45, 2.75) is 18.8 Å². The van der Waals surface area contributed by atoms with E-state index in [2.05, 4.69) is 20.4 Å². The van der Waals surface area contributed by atoms with E-state index in [1.165, 1.54) is 17.3 Å². The Kier molecular flexibility index (Phi) is 4.37. The van der Waals surface area contributed by atoms with Crippen molar-refractivity contribution in [3.63, 3.8) is 0 Å². The first kappa shape index (κ1) is 17.6. The largest absolute Gasteiger partial charge is 0.440 e. The van der Waals surface area contributed by atoms with Crippen LogP contribution in [-0.4, -0.2) is 25.7 Å². The van der Waals surface area contributed by atoms with Gasteiger partial charge in [0.2, 0.25) is 5.89 Å². The Morgan fingerprint density at radius 2 is 1.97 bits per heavy atom. The Bertz CT molecular complexity index is 1170. The molecule has 1 amide bonds. The minimum absolute atomic E-state index is 0.231. The lowest BCUT2D eigenvalue weighted by Crippen LogP contribution is -2.16. The van der Waals surface area contributed by atoms with E-state index in [4.69, 9.17) is 16.0 Å². The van der Waals surface area contributed by atoms with Crippen molar-refractivity contribution in [1.29, 1.82) is 0 Å². The van der Waals surface area contributed by atoms with Crippen LogP contribution in [0.15, 0.2) is 65.6 Å². The Balaban J connectivity index is 1.51. The molecule has 0 bridgehead atoms. The summed E-state index contributed by atoms with van der Waals surface area (Å²) in [6.07, 6.45) is 4.91. The highest BCUT2D eigenvalue weighted by atomic mass is 35.5. The van der Waals surface area contributed by atoms with Gasteiger partial charge in [0.1, 0.15) is 24.1 Å². The molecule has 0 radical (unpaired) electrons. The summed E-state index contributed by atoms with van der Waals surface area (Å²) in [6.45, 7) is 0. The molecule has 1 saturated carbocycles. The minimum Gasteiger partial charge on any atom is -0.440 e. The highest BCUT2D eigenvalue weighted by Gasteiger charge is 2.34. The van der Waals surface area contributed by atoms with Crippen LogP contribution < -0.4 is 5.32 Å². The van der Waals surface area contributed by atoms with E-state index in [0.29, 0.717) is 33.7 Å². The molecule has 5 rings (SSSR count). The Hall–Kier alpha value is -3.45. The van der Waals surface area contributed by atoms with Gasteiger partial charge in [-0.05, 0) is 37.1 Å². The first-order valence-corrected chi connectivity index (χ1v) is 9.59. The molecule has 0 spiro atoms. The predicted molar refractivity (Wildman–Crippen MR) is 108 cm³/mol. The number of amides is 1. The molecule has 29 heavy (non-hydrogen) atoms. The van der Waals surface area contributed by atoms with Gasteiger partial charge in [-0.3, -0.25) is 4.79 Å². The summed E-state index contributed by atoms with van der Waals surface area (Å²) < 4.78 is 7.50. The fourth-order valence-corrected chi connectivity index (χ4v) is 3.44. The zero-order valence-electron chi connectivity index (χ0n) is 15.2. The quantitative estimate of drug-likeness (QED) is 0.519. The average Bonchev–Trinajstić information content (AvgIpc) is 3.25. The van der Waals surface area contributed by atoms with Crippen LogP contribution in [-0.2, 0) is 0 Å². The zero-order valence-corrected chi connectivity index (χ0v) is 16.0. The fraction of sp³-hybridized carbons (Fsp3) is 0.143. The number of anilines is 1. The van der Waals surface area contributed by atoms with E-state index in [9.17, 15) is 4.79 Å². The van der Waals surface area contributed by atoms with Gasteiger partial charge in [0.05, 0.1) is 10.7 Å². The highest BCUT2D eigenvalue weighted by molar-refractivity contribution is 6.33. The average molecular weight is 406 g/mol. The zero-order chi connectivity index (χ0) is 19.8. The molecule has 7 nitrogen and oxygen atoms in total. The number of hydrogen-bond acceptors (Lipinski definition) is 5. The maximum atomic E-state index is 13.1. The Labute approximate surface area is 171 Å². The monoisotopic (exact) mass is 405 g/mol. The summed E-state index contributed by atoms with van der Waals surface area (Å²) in [7, 11) is 0. The molecular weight excluding hydrogens is 390 g/mol. The Morgan fingerprint density at radius 1 is 1.14 bits per heavy atom. The van der Waals surface area contributed by atoms with E-state index in [0.717, 1.165) is 18.4 Å². The van der Waals surface area contributed by atoms with Gasteiger partial charge in [-0.25, -0.2) is 14.6 Å². The first-order valence-electron chi connectivity index (χ1n) is 9.21. The molecule has 4 aromatic rings. The van der Waals surface area contributed by atoms with Crippen molar-refractivity contribution >= 4 is 23.2 Å². The van der Waals surface area contributed by atoms with Gasteiger partial charge >= 0.3 is 0 Å². The number of oxazole rings is 1. The molecule has 0 unspecified atom stereocenters. The SMILES string of the molecule is O=C(Nc1cccc(Cl)c1-n1cncn1)c1nc(-c2ccccc2)oc1C1CC1. The number of para-hydroxylation sites is 1. The van der Waals surface area contributed by atoms with E-state index >= 15 is 0 Å². The highest BCUT2D eigenvalue weighted by Crippen LogP contribution is 2.43. The minimum atomic E-state index is -0.346. The van der Waals surface area contributed by atoms with Gasteiger partial charge in [-0.15, -0.1) is 0 Å². The molecule has 0 saturated heterocycles. The number of hydrogen-bond donors (Lipinski definition) is 1. The van der Waals surface area contributed by atoms with E-state index in [1.807, 2.05) is 30.3 Å². The van der Waals surface area contributed by atoms with Crippen molar-refractivity contribution in [1.82, 2.24) is 19.7 Å². The topological polar surface area (TPSA) is 85.8 Å². The lowest BCUT2D eigenvalue weighted by molar-refractivity contribution is 0.102. The summed E-state index contributed by atoms with van der Waals surface area (Å²) in [5.41, 5.74) is 2.19. The third-order valence-corrected chi connectivity index (χ3v) is 5.03. The molecule has 2 aromatic carbocycles. The third kappa shape index (κ3) is 3.40. The lowest BCUT2D eigenvalue weighted by atomic mass is 10.2. The number of nitrogens with zero attached hydrogens (tertiary/aromatic N) is 4. The van der Waals surface area contributed by atoms with Crippen molar-refractivity contribution in [3.8, 4) is 17.1 Å². The van der Waals surface area contributed by atoms with Crippen LogP contribution in [0, 0.1) is 0 Å². The number of carbonyl (C=O) groups excluding carboxylic acids is 1. The van der Waals surface area contributed by atoms with Crippen LogP contribution in [0.1, 0.15) is 35.0 Å². The van der Waals surface area contributed by atoms with Crippen LogP contribution in [0.5, 0.6) is 0 Å². The molecule has 0 atom stereocenters. The molecular formula is C21H16ClN5O2. The second-order valence-electron chi connectivity index (χ2n) is 6.80. The second kappa shape index (κ2) is 7.18. The summed E-state index contributed by atoms with van der Waals surface area (Å²) in [4.78, 5) is 21.6. The van der Waals surface area contributed by atoms with Gasteiger partial charge in [-0.1, -0.05) is 35.9 Å². The summed E-state index contributed by atoms with van der Waals surface area (Å²) in [6, 6.07) is 14.8. The summed E-state index contributed by atoms with van der Waals surface area (Å²) >= 11 is 6.35. The maximum Gasteiger partial charge on any atom is 0.278 e. The van der Waals surface area contributed by atoms with Crippen molar-refractivity contribution in [2.24, 2.45) is 0 Å². The van der Waals surface area contributed by atoms with E-state index in [-0.39, 0.29) is 11.8 Å². The van der Waals surface area contributed by atoms with Gasteiger partial charge in [0.15, 0.2) is 5.69 Å². The van der Waals surface area contributed by atoms with Crippen LogP contribution >= 0.6 is 11.6 Å². The number of rotatable bonds is 5. The molecule has 144 valence electrons. The molecule has 1 N–H and O–H groups in total. The number of carbonyl (C=O) groups is 1. The maximum absolute atomic E-state index is 13.1. The molecule has 2 heterocycles. The van der Waals surface area contributed by atoms with E-state index in [1.54, 1.807) is 18.2 Å². The predicted octanol–water partition coefficient (Wildman–Crippen LogP) is 4.71. The first-order chi connectivity index (χ1) is 14.2. The molecule has 8 heteroatoms. The van der Waals surface area contributed by atoms with Crippen LogP contribution in [0.4, 0.5) is 5.69 Å². The lowest BCUT2D eigenvalue weighted by Gasteiger charge is -2.11. The second-order valence-corrected chi connectivity index (χ2v) is 7.21. The molecule has 0 aliphatic heterocycles. The number of aromatic nitrogens is 4. The van der Waals surface area contributed by atoms with Crippen molar-refractivity contribution < 1.29 is 9.21 Å². The number of benzene rings is 2. The molecule has 1 aliphatic carbocycles. The van der Waals surface area contributed by atoms with Gasteiger partial charge in [-0.2, -0.15) is 5.10 Å². The summed E-state index contributed by atoms with van der Waals surface area (Å²) in [5, 5.41) is 7.48.